The molecular weight excluding hydrogens is 230 g/mol. The van der Waals surface area contributed by atoms with Crippen molar-refractivity contribution in [3.05, 3.63) is 40.7 Å². The van der Waals surface area contributed by atoms with Crippen LogP contribution in [-0.4, -0.2) is 17.0 Å². The topological polar surface area (TPSA) is 48.3 Å². The van der Waals surface area contributed by atoms with Gasteiger partial charge in [-0.15, -0.1) is 0 Å². The molecule has 0 aliphatic carbocycles. The summed E-state index contributed by atoms with van der Waals surface area (Å²) in [7, 11) is 0. The van der Waals surface area contributed by atoms with E-state index in [2.05, 4.69) is 0 Å². The first-order valence-corrected chi connectivity index (χ1v) is 5.87. The van der Waals surface area contributed by atoms with Gasteiger partial charge in [-0.3, -0.25) is 9.59 Å². The monoisotopic (exact) mass is 245 g/mol. The average molecular weight is 245 g/mol. The van der Waals surface area contributed by atoms with Gasteiger partial charge in [0, 0.05) is 17.6 Å². The molecule has 0 radical (unpaired) electrons. The highest BCUT2D eigenvalue weighted by Gasteiger charge is 2.05. The number of ketones is 1. The maximum absolute atomic E-state index is 11.8. The van der Waals surface area contributed by atoms with Crippen LogP contribution in [0.25, 0.3) is 10.9 Å². The molecule has 4 nitrogen and oxygen atoms in total. The molecule has 4 heteroatoms. The van der Waals surface area contributed by atoms with Crippen molar-refractivity contribution >= 4 is 16.7 Å². The minimum Gasteiger partial charge on any atom is -0.494 e. The average Bonchev–Trinajstić information content (AvgIpc) is 2.33. The first-order chi connectivity index (χ1) is 8.61. The van der Waals surface area contributed by atoms with Crippen molar-refractivity contribution in [3.8, 4) is 5.75 Å². The number of benzene rings is 1. The molecule has 0 N–H and O–H groups in total. The van der Waals surface area contributed by atoms with Gasteiger partial charge in [0.05, 0.1) is 18.7 Å². The van der Waals surface area contributed by atoms with Crippen LogP contribution in [0.5, 0.6) is 5.75 Å². The molecule has 2 rings (SSSR count). The molecule has 0 unspecified atom stereocenters. The number of ether oxygens (including phenoxy) is 1. The Morgan fingerprint density at radius 1 is 1.33 bits per heavy atom. The van der Waals surface area contributed by atoms with Crippen LogP contribution in [-0.2, 0) is 11.3 Å². The molecular formula is C14H15NO3. The molecule has 94 valence electrons. The summed E-state index contributed by atoms with van der Waals surface area (Å²) >= 11 is 0. The van der Waals surface area contributed by atoms with Crippen LogP contribution >= 0.6 is 0 Å². The Kier molecular flexibility index (Phi) is 3.46. The maximum atomic E-state index is 11.8. The zero-order valence-electron chi connectivity index (χ0n) is 10.5. The van der Waals surface area contributed by atoms with Crippen LogP contribution in [0.4, 0.5) is 0 Å². The SMILES string of the molecule is CCOc1ccc2c(c1)c(=O)ccn2CC(C)=O. The number of carbonyl (C=O) groups excluding carboxylic acids is 1. The molecule has 0 saturated heterocycles. The summed E-state index contributed by atoms with van der Waals surface area (Å²) in [6, 6.07) is 6.81. The summed E-state index contributed by atoms with van der Waals surface area (Å²) < 4.78 is 7.15. The second-order valence-corrected chi connectivity index (χ2v) is 4.12. The summed E-state index contributed by atoms with van der Waals surface area (Å²) in [5.74, 6) is 0.719. The van der Waals surface area contributed by atoms with E-state index in [0.717, 1.165) is 5.52 Å². The quantitative estimate of drug-likeness (QED) is 0.827. The van der Waals surface area contributed by atoms with Crippen molar-refractivity contribution in [3.63, 3.8) is 0 Å². The third kappa shape index (κ3) is 2.42. The third-order valence-electron chi connectivity index (χ3n) is 2.65. The van der Waals surface area contributed by atoms with Gasteiger partial charge in [-0.1, -0.05) is 0 Å². The summed E-state index contributed by atoms with van der Waals surface area (Å²) in [6.45, 7) is 4.24. The Hall–Kier alpha value is -2.10. The fraction of sp³-hybridized carbons (Fsp3) is 0.286. The Balaban J connectivity index is 2.60. The number of rotatable bonds is 4. The van der Waals surface area contributed by atoms with E-state index in [1.54, 1.807) is 16.8 Å². The van der Waals surface area contributed by atoms with E-state index in [4.69, 9.17) is 4.74 Å². The summed E-state index contributed by atoms with van der Waals surface area (Å²) in [5.41, 5.74) is 0.688. The van der Waals surface area contributed by atoms with Gasteiger partial charge in [0.2, 0.25) is 0 Å². The van der Waals surface area contributed by atoms with Gasteiger partial charge < -0.3 is 9.30 Å². The number of nitrogens with zero attached hydrogens (tertiary/aromatic N) is 1. The number of fused-ring (bicyclic) bond motifs is 1. The highest BCUT2D eigenvalue weighted by molar-refractivity contribution is 5.83. The Labute approximate surface area is 105 Å². The van der Waals surface area contributed by atoms with Crippen LogP contribution in [0, 0.1) is 0 Å². The Bertz CT molecular complexity index is 643. The van der Waals surface area contributed by atoms with Gasteiger partial charge in [0.15, 0.2) is 5.43 Å². The molecule has 0 spiro atoms. The van der Waals surface area contributed by atoms with E-state index in [1.165, 1.54) is 13.0 Å². The smallest absolute Gasteiger partial charge is 0.189 e. The van der Waals surface area contributed by atoms with Crippen LogP contribution in [0.1, 0.15) is 13.8 Å². The molecule has 0 saturated carbocycles. The number of hydrogen-bond donors (Lipinski definition) is 0. The van der Waals surface area contributed by atoms with Gasteiger partial charge >= 0.3 is 0 Å². The number of pyridine rings is 1. The van der Waals surface area contributed by atoms with Gasteiger partial charge in [-0.05, 0) is 32.0 Å². The van der Waals surface area contributed by atoms with Gasteiger partial charge in [-0.2, -0.15) is 0 Å². The van der Waals surface area contributed by atoms with E-state index in [-0.39, 0.29) is 17.8 Å². The first-order valence-electron chi connectivity index (χ1n) is 5.87. The molecule has 1 heterocycles. The summed E-state index contributed by atoms with van der Waals surface area (Å²) in [4.78, 5) is 23.0. The zero-order valence-corrected chi connectivity index (χ0v) is 10.5. The van der Waals surface area contributed by atoms with Gasteiger partial charge in [-0.25, -0.2) is 0 Å². The molecule has 0 bridgehead atoms. The lowest BCUT2D eigenvalue weighted by Crippen LogP contribution is -2.12. The first kappa shape index (κ1) is 12.4. The molecule has 0 fully saturated rings. The van der Waals surface area contributed by atoms with Crippen LogP contribution < -0.4 is 10.2 Å². The Morgan fingerprint density at radius 3 is 2.78 bits per heavy atom. The standard InChI is InChI=1S/C14H15NO3/c1-3-18-11-4-5-13-12(8-11)14(17)6-7-15(13)9-10(2)16/h4-8H,3,9H2,1-2H3. The van der Waals surface area contributed by atoms with Crippen molar-refractivity contribution in [2.24, 2.45) is 0 Å². The normalized spacial score (nSPS) is 10.6. The lowest BCUT2D eigenvalue weighted by molar-refractivity contribution is -0.117. The van der Waals surface area contributed by atoms with Crippen molar-refractivity contribution in [2.75, 3.05) is 6.61 Å². The Morgan fingerprint density at radius 2 is 2.11 bits per heavy atom. The molecule has 1 aromatic carbocycles. The molecule has 1 aromatic heterocycles. The lowest BCUT2D eigenvalue weighted by atomic mass is 10.2. The summed E-state index contributed by atoms with van der Waals surface area (Å²) in [6.07, 6.45) is 1.65. The zero-order chi connectivity index (χ0) is 13.1. The van der Waals surface area contributed by atoms with Crippen LogP contribution in [0.15, 0.2) is 35.3 Å². The molecule has 18 heavy (non-hydrogen) atoms. The van der Waals surface area contributed by atoms with E-state index in [9.17, 15) is 9.59 Å². The van der Waals surface area contributed by atoms with Gasteiger partial charge in [0.25, 0.3) is 0 Å². The van der Waals surface area contributed by atoms with Crippen molar-refractivity contribution in [1.82, 2.24) is 4.57 Å². The predicted octanol–water partition coefficient (Wildman–Crippen LogP) is 1.99. The predicted molar refractivity (Wildman–Crippen MR) is 70.1 cm³/mol. The van der Waals surface area contributed by atoms with Crippen molar-refractivity contribution < 1.29 is 9.53 Å². The molecule has 0 atom stereocenters. The fourth-order valence-corrected chi connectivity index (χ4v) is 1.92. The minimum absolute atomic E-state index is 0.0498. The van der Waals surface area contributed by atoms with E-state index in [1.807, 2.05) is 19.1 Å². The second-order valence-electron chi connectivity index (χ2n) is 4.12. The van der Waals surface area contributed by atoms with Gasteiger partial charge in [0.1, 0.15) is 11.5 Å². The summed E-state index contributed by atoms with van der Waals surface area (Å²) in [5, 5.41) is 0.574. The molecule has 0 aliphatic heterocycles. The molecule has 0 aliphatic rings. The minimum atomic E-state index is -0.0636. The van der Waals surface area contributed by atoms with E-state index in [0.29, 0.717) is 17.7 Å². The highest BCUT2D eigenvalue weighted by atomic mass is 16.5. The lowest BCUT2D eigenvalue weighted by Gasteiger charge is -2.10. The molecule has 0 amide bonds. The number of hydrogen-bond acceptors (Lipinski definition) is 3. The number of aromatic nitrogens is 1. The highest BCUT2D eigenvalue weighted by Crippen LogP contribution is 2.18. The van der Waals surface area contributed by atoms with Crippen molar-refractivity contribution in [1.29, 1.82) is 0 Å². The van der Waals surface area contributed by atoms with Crippen molar-refractivity contribution in [2.45, 2.75) is 20.4 Å². The van der Waals surface area contributed by atoms with E-state index >= 15 is 0 Å². The largest absolute Gasteiger partial charge is 0.494 e. The second kappa shape index (κ2) is 5.04. The number of Topliss-reactive ketones (excluding diaryl/α,β-unsaturated/α-hetero) is 1. The fourth-order valence-electron chi connectivity index (χ4n) is 1.92. The third-order valence-corrected chi connectivity index (χ3v) is 2.65. The van der Waals surface area contributed by atoms with E-state index < -0.39 is 0 Å². The van der Waals surface area contributed by atoms with Crippen LogP contribution in [0.2, 0.25) is 0 Å². The maximum Gasteiger partial charge on any atom is 0.189 e. The van der Waals surface area contributed by atoms with Crippen LogP contribution in [0.3, 0.4) is 0 Å². The number of carbonyl (C=O) groups is 1. The molecule has 2 aromatic rings.